The number of thiophene rings is 1. The molecule has 1 aromatic carbocycles. The largest absolute Gasteiger partial charge is 0.451 e. The first-order chi connectivity index (χ1) is 11.7. The Labute approximate surface area is 143 Å². The fraction of sp³-hybridized carbons (Fsp3) is 0.263. The van der Waals surface area contributed by atoms with Gasteiger partial charge in [0.1, 0.15) is 16.7 Å². The molecule has 1 aliphatic carbocycles. The van der Waals surface area contributed by atoms with E-state index >= 15 is 0 Å². The predicted octanol–water partition coefficient (Wildman–Crippen LogP) is 4.81. The summed E-state index contributed by atoms with van der Waals surface area (Å²) in [4.78, 5) is 13.9. The molecule has 0 saturated heterocycles. The Hall–Kier alpha value is -2.58. The highest BCUT2D eigenvalue weighted by molar-refractivity contribution is 7.16. The van der Waals surface area contributed by atoms with Crippen LogP contribution < -0.4 is 5.32 Å². The first-order valence-electron chi connectivity index (χ1n) is 8.03. The third-order valence-electron chi connectivity index (χ3n) is 4.56. The summed E-state index contributed by atoms with van der Waals surface area (Å²) in [5.41, 5.74) is 3.26. The van der Waals surface area contributed by atoms with Gasteiger partial charge in [0.15, 0.2) is 5.76 Å². The molecule has 2 aromatic heterocycles. The number of aryl methyl sites for hydroxylation is 2. The Morgan fingerprint density at radius 1 is 1.29 bits per heavy atom. The van der Waals surface area contributed by atoms with Crippen molar-refractivity contribution in [2.24, 2.45) is 0 Å². The third-order valence-corrected chi connectivity index (χ3v) is 5.77. The highest BCUT2D eigenvalue weighted by Crippen LogP contribution is 2.38. The van der Waals surface area contributed by atoms with Crippen LogP contribution in [0.1, 0.15) is 45.0 Å². The standard InChI is InChI=1S/C19H16N2O2S/c1-11-12-6-2-4-8-15(12)23-17(11)18(22)21-19-14(10-20)13-7-3-5-9-16(13)24-19/h2,4,6,8H,3,5,7,9H2,1H3,(H,21,22). The quantitative estimate of drug-likeness (QED) is 0.730. The maximum Gasteiger partial charge on any atom is 0.292 e. The Morgan fingerprint density at radius 3 is 2.88 bits per heavy atom. The molecule has 1 N–H and O–H groups in total. The second-order valence-electron chi connectivity index (χ2n) is 6.03. The summed E-state index contributed by atoms with van der Waals surface area (Å²) in [7, 11) is 0. The van der Waals surface area contributed by atoms with Gasteiger partial charge >= 0.3 is 0 Å². The normalized spacial score (nSPS) is 13.5. The van der Waals surface area contributed by atoms with E-state index in [1.807, 2.05) is 31.2 Å². The van der Waals surface area contributed by atoms with E-state index in [4.69, 9.17) is 4.42 Å². The first kappa shape index (κ1) is 15.0. The van der Waals surface area contributed by atoms with Crippen molar-refractivity contribution in [3.63, 3.8) is 0 Å². The molecule has 120 valence electrons. The van der Waals surface area contributed by atoms with Crippen LogP contribution in [-0.4, -0.2) is 5.91 Å². The fourth-order valence-electron chi connectivity index (χ4n) is 3.32. The van der Waals surface area contributed by atoms with Crippen molar-refractivity contribution in [3.8, 4) is 6.07 Å². The van der Waals surface area contributed by atoms with Crippen molar-refractivity contribution in [3.05, 3.63) is 51.6 Å². The summed E-state index contributed by atoms with van der Waals surface area (Å²) < 4.78 is 5.72. The lowest BCUT2D eigenvalue weighted by molar-refractivity contribution is 0.0998. The van der Waals surface area contributed by atoms with Gasteiger partial charge in [0, 0.05) is 15.8 Å². The number of carbonyl (C=O) groups is 1. The van der Waals surface area contributed by atoms with E-state index in [1.54, 1.807) is 0 Å². The van der Waals surface area contributed by atoms with Gasteiger partial charge in [-0.1, -0.05) is 18.2 Å². The second kappa shape index (κ2) is 5.81. The minimum atomic E-state index is -0.293. The highest BCUT2D eigenvalue weighted by Gasteiger charge is 2.24. The molecule has 0 spiro atoms. The summed E-state index contributed by atoms with van der Waals surface area (Å²) >= 11 is 1.53. The Balaban J connectivity index is 1.70. The van der Waals surface area contributed by atoms with Crippen molar-refractivity contribution in [1.82, 2.24) is 0 Å². The molecule has 4 nitrogen and oxygen atoms in total. The minimum absolute atomic E-state index is 0.293. The molecular formula is C19H16N2O2S. The van der Waals surface area contributed by atoms with Gasteiger partial charge in [0.25, 0.3) is 5.91 Å². The number of hydrogen-bond donors (Lipinski definition) is 1. The van der Waals surface area contributed by atoms with Crippen LogP contribution in [0.25, 0.3) is 11.0 Å². The summed E-state index contributed by atoms with van der Waals surface area (Å²) in [6.45, 7) is 1.88. The van der Waals surface area contributed by atoms with Gasteiger partial charge < -0.3 is 9.73 Å². The average molecular weight is 336 g/mol. The maximum absolute atomic E-state index is 12.7. The molecule has 0 atom stereocenters. The van der Waals surface area contributed by atoms with Gasteiger partial charge in [-0.3, -0.25) is 4.79 Å². The van der Waals surface area contributed by atoms with Crippen LogP contribution in [0.5, 0.6) is 0 Å². The van der Waals surface area contributed by atoms with Crippen LogP contribution in [0.15, 0.2) is 28.7 Å². The van der Waals surface area contributed by atoms with E-state index in [0.29, 0.717) is 21.9 Å². The zero-order valence-electron chi connectivity index (χ0n) is 13.3. The molecule has 0 aliphatic heterocycles. The monoisotopic (exact) mass is 336 g/mol. The molecule has 1 amide bonds. The van der Waals surface area contributed by atoms with Gasteiger partial charge in [-0.25, -0.2) is 0 Å². The number of nitrogens with one attached hydrogen (secondary N) is 1. The summed E-state index contributed by atoms with van der Waals surface area (Å²) in [6, 6.07) is 9.86. The Morgan fingerprint density at radius 2 is 2.08 bits per heavy atom. The number of hydrogen-bond acceptors (Lipinski definition) is 4. The lowest BCUT2D eigenvalue weighted by Crippen LogP contribution is -2.12. The van der Waals surface area contributed by atoms with Crippen LogP contribution in [0, 0.1) is 18.3 Å². The van der Waals surface area contributed by atoms with E-state index < -0.39 is 0 Å². The zero-order chi connectivity index (χ0) is 16.7. The van der Waals surface area contributed by atoms with Crippen molar-refractivity contribution >= 4 is 33.2 Å². The lowest BCUT2D eigenvalue weighted by atomic mass is 9.96. The number of anilines is 1. The Kier molecular flexibility index (Phi) is 3.62. The molecule has 0 saturated carbocycles. The third kappa shape index (κ3) is 2.31. The lowest BCUT2D eigenvalue weighted by Gasteiger charge is -2.09. The topological polar surface area (TPSA) is 66.0 Å². The smallest absolute Gasteiger partial charge is 0.292 e. The number of nitriles is 1. The zero-order valence-corrected chi connectivity index (χ0v) is 14.1. The highest BCUT2D eigenvalue weighted by atomic mass is 32.1. The van der Waals surface area contributed by atoms with Crippen molar-refractivity contribution in [2.75, 3.05) is 5.32 Å². The molecule has 1 aliphatic rings. The van der Waals surface area contributed by atoms with Gasteiger partial charge in [0.2, 0.25) is 0 Å². The molecule has 3 aromatic rings. The number of para-hydroxylation sites is 1. The first-order valence-corrected chi connectivity index (χ1v) is 8.85. The molecule has 0 bridgehead atoms. The number of rotatable bonds is 2. The van der Waals surface area contributed by atoms with Gasteiger partial charge in [-0.15, -0.1) is 11.3 Å². The molecule has 24 heavy (non-hydrogen) atoms. The SMILES string of the molecule is Cc1c(C(=O)Nc2sc3c(c2C#N)CCCC3)oc2ccccc12. The maximum atomic E-state index is 12.7. The van der Waals surface area contributed by atoms with Gasteiger partial charge in [-0.05, 0) is 44.2 Å². The minimum Gasteiger partial charge on any atom is -0.451 e. The molecule has 5 heteroatoms. The number of benzene rings is 1. The fourth-order valence-corrected chi connectivity index (χ4v) is 4.56. The van der Waals surface area contributed by atoms with Crippen LogP contribution in [0.2, 0.25) is 0 Å². The van der Waals surface area contributed by atoms with E-state index in [2.05, 4.69) is 11.4 Å². The molecule has 4 rings (SSSR count). The van der Waals surface area contributed by atoms with Crippen molar-refractivity contribution < 1.29 is 9.21 Å². The predicted molar refractivity (Wildman–Crippen MR) is 94.6 cm³/mol. The van der Waals surface area contributed by atoms with Gasteiger partial charge in [0.05, 0.1) is 5.56 Å². The summed E-state index contributed by atoms with van der Waals surface area (Å²) in [5.74, 6) is 0.0188. The number of amides is 1. The van der Waals surface area contributed by atoms with Crippen LogP contribution in [0.3, 0.4) is 0 Å². The van der Waals surface area contributed by atoms with Crippen LogP contribution in [0.4, 0.5) is 5.00 Å². The number of carbonyl (C=O) groups excluding carboxylic acids is 1. The van der Waals surface area contributed by atoms with Crippen molar-refractivity contribution in [1.29, 1.82) is 5.26 Å². The second-order valence-corrected chi connectivity index (χ2v) is 7.14. The van der Waals surface area contributed by atoms with E-state index in [0.717, 1.165) is 42.2 Å². The van der Waals surface area contributed by atoms with E-state index in [-0.39, 0.29) is 5.91 Å². The van der Waals surface area contributed by atoms with E-state index in [9.17, 15) is 10.1 Å². The van der Waals surface area contributed by atoms with Gasteiger partial charge in [-0.2, -0.15) is 5.26 Å². The molecule has 0 fully saturated rings. The van der Waals surface area contributed by atoms with E-state index in [1.165, 1.54) is 16.2 Å². The summed E-state index contributed by atoms with van der Waals surface area (Å²) in [6.07, 6.45) is 4.17. The molecule has 0 unspecified atom stereocenters. The van der Waals surface area contributed by atoms with Crippen molar-refractivity contribution in [2.45, 2.75) is 32.6 Å². The number of nitrogens with zero attached hydrogens (tertiary/aromatic N) is 1. The number of fused-ring (bicyclic) bond motifs is 2. The van der Waals surface area contributed by atoms with Crippen LogP contribution in [-0.2, 0) is 12.8 Å². The van der Waals surface area contributed by atoms with Crippen LogP contribution >= 0.6 is 11.3 Å². The number of furan rings is 1. The Bertz CT molecular complexity index is 991. The summed E-state index contributed by atoms with van der Waals surface area (Å²) in [5, 5.41) is 14.0. The molecule has 2 heterocycles. The molecular weight excluding hydrogens is 320 g/mol. The average Bonchev–Trinajstić information content (AvgIpc) is 3.12. The molecule has 0 radical (unpaired) electrons.